The minimum atomic E-state index is 0.0655. The Kier molecular flexibility index (Phi) is 4.53. The number of anilines is 1. The average molecular weight is 403 g/mol. The molecular weight excluding hydrogens is 378 g/mol. The average Bonchev–Trinajstić information content (AvgIpc) is 3.31. The first-order chi connectivity index (χ1) is 14.5. The molecule has 5 rings (SSSR count). The summed E-state index contributed by atoms with van der Waals surface area (Å²) in [5.74, 6) is 3.39. The van der Waals surface area contributed by atoms with E-state index in [1.165, 1.54) is 0 Å². The molecule has 0 bridgehead atoms. The molecule has 7 nitrogen and oxygen atoms in total. The van der Waals surface area contributed by atoms with Gasteiger partial charge in [0.1, 0.15) is 17.4 Å². The monoisotopic (exact) mass is 403 g/mol. The van der Waals surface area contributed by atoms with Gasteiger partial charge in [0.2, 0.25) is 5.91 Å². The van der Waals surface area contributed by atoms with Crippen LogP contribution in [-0.2, 0) is 4.79 Å². The highest BCUT2D eigenvalue weighted by Gasteiger charge is 2.49. The van der Waals surface area contributed by atoms with Crippen molar-refractivity contribution in [1.82, 2.24) is 19.9 Å². The number of pyridine rings is 1. The largest absolute Gasteiger partial charge is 0.497 e. The zero-order chi connectivity index (χ0) is 20.8. The molecular formula is C23H25N5O2. The van der Waals surface area contributed by atoms with Gasteiger partial charge in [-0.1, -0.05) is 12.1 Å². The number of carbonyl (C=O) groups excluding carboxylic acids is 1. The number of fused-ring (bicyclic) bond motifs is 2. The highest BCUT2D eigenvalue weighted by atomic mass is 16.5. The molecule has 0 spiro atoms. The topological polar surface area (TPSA) is 71.5 Å². The fourth-order valence-corrected chi connectivity index (χ4v) is 5.06. The molecule has 3 atom stereocenters. The van der Waals surface area contributed by atoms with E-state index in [2.05, 4.69) is 27.0 Å². The minimum absolute atomic E-state index is 0.0655. The van der Waals surface area contributed by atoms with Crippen molar-refractivity contribution in [3.05, 3.63) is 54.0 Å². The van der Waals surface area contributed by atoms with E-state index in [0.717, 1.165) is 53.6 Å². The number of amides is 1. The maximum atomic E-state index is 12.4. The molecule has 154 valence electrons. The first-order valence-corrected chi connectivity index (χ1v) is 10.3. The molecule has 0 saturated carbocycles. The second-order valence-corrected chi connectivity index (χ2v) is 8.19. The predicted octanol–water partition coefficient (Wildman–Crippen LogP) is 3.00. The molecule has 0 radical (unpaired) electrons. The van der Waals surface area contributed by atoms with Crippen LogP contribution in [0.15, 0.2) is 42.6 Å². The Morgan fingerprint density at radius 3 is 2.63 bits per heavy atom. The third-order valence-electron chi connectivity index (χ3n) is 6.39. The normalized spacial score (nSPS) is 23.1. The summed E-state index contributed by atoms with van der Waals surface area (Å²) in [5, 5.41) is 0.979. The van der Waals surface area contributed by atoms with Gasteiger partial charge in [-0.05, 0) is 36.8 Å². The maximum absolute atomic E-state index is 12.4. The molecule has 7 heteroatoms. The van der Waals surface area contributed by atoms with E-state index in [9.17, 15) is 4.79 Å². The number of nitrogens with zero attached hydrogens (tertiary/aromatic N) is 5. The van der Waals surface area contributed by atoms with Crippen LogP contribution in [0.4, 0.5) is 5.82 Å². The summed E-state index contributed by atoms with van der Waals surface area (Å²) in [7, 11) is 1.67. The van der Waals surface area contributed by atoms with Gasteiger partial charge in [-0.15, -0.1) is 0 Å². The summed E-state index contributed by atoms with van der Waals surface area (Å²) >= 11 is 0. The molecule has 2 fully saturated rings. The van der Waals surface area contributed by atoms with Gasteiger partial charge in [0.15, 0.2) is 5.65 Å². The summed E-state index contributed by atoms with van der Waals surface area (Å²) in [6.45, 7) is 6.08. The minimum Gasteiger partial charge on any atom is -0.497 e. The van der Waals surface area contributed by atoms with E-state index in [1.807, 2.05) is 36.1 Å². The highest BCUT2D eigenvalue weighted by Crippen LogP contribution is 2.46. The van der Waals surface area contributed by atoms with E-state index >= 15 is 0 Å². The standard InChI is InChI=1S/C23H25N5O2/c1-14-25-22-19(5-4-10-24-22)23(26-14)27-11-17-12-28(15(2)29)21(20(17)13-27)16-6-8-18(30-3)9-7-16/h4-10,17,20-21H,11-13H2,1-3H3/t17-,20-,21+/m1/s1. The van der Waals surface area contributed by atoms with Crippen LogP contribution in [0.3, 0.4) is 0 Å². The van der Waals surface area contributed by atoms with Gasteiger partial charge < -0.3 is 14.5 Å². The Bertz CT molecular complexity index is 1100. The van der Waals surface area contributed by atoms with Crippen molar-refractivity contribution in [2.45, 2.75) is 19.9 Å². The van der Waals surface area contributed by atoms with Gasteiger partial charge in [-0.3, -0.25) is 4.79 Å². The molecule has 1 aromatic carbocycles. The summed E-state index contributed by atoms with van der Waals surface area (Å²) in [5.41, 5.74) is 1.89. The number of aryl methyl sites for hydroxylation is 1. The number of hydrogen-bond donors (Lipinski definition) is 0. The van der Waals surface area contributed by atoms with Crippen molar-refractivity contribution in [2.24, 2.45) is 11.8 Å². The Morgan fingerprint density at radius 1 is 1.10 bits per heavy atom. The number of benzene rings is 1. The Labute approximate surface area is 175 Å². The lowest BCUT2D eigenvalue weighted by Crippen LogP contribution is -2.34. The lowest BCUT2D eigenvalue weighted by Gasteiger charge is -2.29. The number of aromatic nitrogens is 3. The lowest BCUT2D eigenvalue weighted by atomic mass is 9.89. The van der Waals surface area contributed by atoms with Crippen LogP contribution in [0, 0.1) is 18.8 Å². The first kappa shape index (κ1) is 18.8. The van der Waals surface area contributed by atoms with Crippen LogP contribution < -0.4 is 9.64 Å². The molecule has 2 saturated heterocycles. The van der Waals surface area contributed by atoms with Crippen LogP contribution in [0.25, 0.3) is 11.0 Å². The van der Waals surface area contributed by atoms with Gasteiger partial charge in [0.05, 0.1) is 18.5 Å². The number of hydrogen-bond acceptors (Lipinski definition) is 6. The molecule has 30 heavy (non-hydrogen) atoms. The van der Waals surface area contributed by atoms with Crippen molar-refractivity contribution >= 4 is 22.8 Å². The van der Waals surface area contributed by atoms with E-state index in [0.29, 0.717) is 11.8 Å². The molecule has 0 unspecified atom stereocenters. The number of rotatable bonds is 3. The third-order valence-corrected chi connectivity index (χ3v) is 6.39. The first-order valence-electron chi connectivity index (χ1n) is 10.3. The fraction of sp³-hybridized carbons (Fsp3) is 0.391. The molecule has 0 N–H and O–H groups in total. The summed E-state index contributed by atoms with van der Waals surface area (Å²) < 4.78 is 5.31. The van der Waals surface area contributed by atoms with Crippen molar-refractivity contribution in [2.75, 3.05) is 31.6 Å². The predicted molar refractivity (Wildman–Crippen MR) is 114 cm³/mol. The van der Waals surface area contributed by atoms with Crippen molar-refractivity contribution < 1.29 is 9.53 Å². The summed E-state index contributed by atoms with van der Waals surface area (Å²) in [4.78, 5) is 30.5. The quantitative estimate of drug-likeness (QED) is 0.670. The number of methoxy groups -OCH3 is 1. The fourth-order valence-electron chi connectivity index (χ4n) is 5.06. The lowest BCUT2D eigenvalue weighted by molar-refractivity contribution is -0.130. The Hall–Kier alpha value is -3.22. The molecule has 1 amide bonds. The molecule has 2 aliphatic rings. The highest BCUT2D eigenvalue weighted by molar-refractivity contribution is 5.87. The van der Waals surface area contributed by atoms with Crippen LogP contribution in [0.2, 0.25) is 0 Å². The Morgan fingerprint density at radius 2 is 1.90 bits per heavy atom. The van der Waals surface area contributed by atoms with Crippen molar-refractivity contribution in [3.63, 3.8) is 0 Å². The third kappa shape index (κ3) is 3.05. The van der Waals surface area contributed by atoms with Crippen LogP contribution in [0.5, 0.6) is 5.75 Å². The van der Waals surface area contributed by atoms with E-state index in [-0.39, 0.29) is 11.9 Å². The summed E-state index contributed by atoms with van der Waals surface area (Å²) in [6.07, 6.45) is 1.77. The van der Waals surface area contributed by atoms with E-state index in [4.69, 9.17) is 9.72 Å². The van der Waals surface area contributed by atoms with Gasteiger partial charge in [-0.25, -0.2) is 15.0 Å². The zero-order valence-corrected chi connectivity index (χ0v) is 17.4. The second kappa shape index (κ2) is 7.23. The van der Waals surface area contributed by atoms with Gasteiger partial charge in [0, 0.05) is 44.6 Å². The maximum Gasteiger partial charge on any atom is 0.219 e. The molecule has 4 heterocycles. The van der Waals surface area contributed by atoms with Crippen LogP contribution >= 0.6 is 0 Å². The van der Waals surface area contributed by atoms with E-state index < -0.39 is 0 Å². The van der Waals surface area contributed by atoms with E-state index in [1.54, 1.807) is 20.2 Å². The van der Waals surface area contributed by atoms with Crippen molar-refractivity contribution in [1.29, 1.82) is 0 Å². The number of ether oxygens (including phenoxy) is 1. The molecule has 2 aliphatic heterocycles. The van der Waals surface area contributed by atoms with Gasteiger partial charge >= 0.3 is 0 Å². The Balaban J connectivity index is 1.50. The van der Waals surface area contributed by atoms with Crippen molar-refractivity contribution in [3.8, 4) is 5.75 Å². The summed E-state index contributed by atoms with van der Waals surface area (Å²) in [6, 6.07) is 12.1. The number of carbonyl (C=O) groups is 1. The second-order valence-electron chi connectivity index (χ2n) is 8.19. The number of likely N-dealkylation sites (tertiary alicyclic amines) is 1. The van der Waals surface area contributed by atoms with Crippen LogP contribution in [0.1, 0.15) is 24.4 Å². The van der Waals surface area contributed by atoms with Crippen LogP contribution in [-0.4, -0.2) is 52.5 Å². The molecule has 0 aliphatic carbocycles. The van der Waals surface area contributed by atoms with Gasteiger partial charge in [-0.2, -0.15) is 0 Å². The van der Waals surface area contributed by atoms with Gasteiger partial charge in [0.25, 0.3) is 0 Å². The zero-order valence-electron chi connectivity index (χ0n) is 17.4. The molecule has 2 aromatic heterocycles. The molecule has 3 aromatic rings. The smallest absolute Gasteiger partial charge is 0.219 e. The SMILES string of the molecule is COc1ccc([C@H]2[C@@H]3CN(c4nc(C)nc5ncccc45)C[C@@H]3CN2C(C)=O)cc1.